The number of nitrogens with zero attached hydrogens (tertiary/aromatic N) is 1. The third kappa shape index (κ3) is 2.23. The van der Waals surface area contributed by atoms with Crippen LogP contribution in [-0.4, -0.2) is 42.8 Å². The summed E-state index contributed by atoms with van der Waals surface area (Å²) in [5.74, 6) is 0.886. The summed E-state index contributed by atoms with van der Waals surface area (Å²) in [6.07, 6.45) is 3.05. The van der Waals surface area contributed by atoms with Crippen molar-refractivity contribution < 1.29 is 9.53 Å². The van der Waals surface area contributed by atoms with Gasteiger partial charge in [0.2, 0.25) is 5.91 Å². The molecule has 0 saturated carbocycles. The molecular weight excluding hydrogens is 204 g/mol. The molecule has 2 aliphatic heterocycles. The Bertz CT molecular complexity index is 251. The maximum atomic E-state index is 12.1. The minimum atomic E-state index is 0.0438. The Morgan fingerprint density at radius 1 is 1.50 bits per heavy atom. The second-order valence-electron chi connectivity index (χ2n) is 4.82. The largest absolute Gasteiger partial charge is 0.381 e. The number of nitrogens with one attached hydrogen (secondary N) is 1. The van der Waals surface area contributed by atoms with E-state index in [9.17, 15) is 4.79 Å². The molecule has 0 spiro atoms. The predicted molar refractivity (Wildman–Crippen MR) is 61.9 cm³/mol. The van der Waals surface area contributed by atoms with Gasteiger partial charge in [0.05, 0.1) is 12.7 Å². The lowest BCUT2D eigenvalue weighted by molar-refractivity contribution is -0.132. The van der Waals surface area contributed by atoms with E-state index in [0.29, 0.717) is 12.0 Å². The highest BCUT2D eigenvalue weighted by atomic mass is 16.5. The minimum absolute atomic E-state index is 0.0438. The summed E-state index contributed by atoms with van der Waals surface area (Å²) >= 11 is 0. The fourth-order valence-electron chi connectivity index (χ4n) is 2.69. The van der Waals surface area contributed by atoms with Crippen LogP contribution in [0, 0.1) is 5.92 Å². The Balaban J connectivity index is 1.94. The fraction of sp³-hybridized carbons (Fsp3) is 0.917. The summed E-state index contributed by atoms with van der Waals surface area (Å²) in [5, 5.41) is 3.27. The minimum Gasteiger partial charge on any atom is -0.381 e. The lowest BCUT2D eigenvalue weighted by Gasteiger charge is -2.33. The molecule has 0 aromatic heterocycles. The number of ether oxygens (including phenoxy) is 1. The van der Waals surface area contributed by atoms with Gasteiger partial charge in [0.1, 0.15) is 0 Å². The molecule has 1 amide bonds. The van der Waals surface area contributed by atoms with Crippen molar-refractivity contribution >= 4 is 5.91 Å². The van der Waals surface area contributed by atoms with Gasteiger partial charge in [-0.25, -0.2) is 0 Å². The molecule has 2 atom stereocenters. The third-order valence-electron chi connectivity index (χ3n) is 3.94. The molecule has 0 aliphatic carbocycles. The zero-order valence-electron chi connectivity index (χ0n) is 10.2. The van der Waals surface area contributed by atoms with Crippen LogP contribution < -0.4 is 5.32 Å². The van der Waals surface area contributed by atoms with Crippen molar-refractivity contribution in [1.82, 2.24) is 10.2 Å². The highest BCUT2D eigenvalue weighted by molar-refractivity contribution is 5.83. The van der Waals surface area contributed by atoms with Crippen molar-refractivity contribution in [2.75, 3.05) is 19.9 Å². The summed E-state index contributed by atoms with van der Waals surface area (Å²) in [7, 11) is 0. The molecular formula is C12H22N2O2. The second kappa shape index (κ2) is 5.15. The topological polar surface area (TPSA) is 41.6 Å². The van der Waals surface area contributed by atoms with E-state index in [1.807, 2.05) is 4.90 Å². The lowest BCUT2D eigenvalue weighted by Crippen LogP contribution is -2.43. The average molecular weight is 226 g/mol. The molecule has 4 heteroatoms. The number of hydrogen-bond acceptors (Lipinski definition) is 3. The molecule has 1 N–H and O–H groups in total. The average Bonchev–Trinajstić information content (AvgIpc) is 2.70. The molecule has 0 radical (unpaired) electrons. The van der Waals surface area contributed by atoms with Gasteiger partial charge in [0.15, 0.2) is 0 Å². The Morgan fingerprint density at radius 2 is 2.19 bits per heavy atom. The fourth-order valence-corrected chi connectivity index (χ4v) is 2.69. The Hall–Kier alpha value is -0.610. The van der Waals surface area contributed by atoms with E-state index in [4.69, 9.17) is 4.74 Å². The third-order valence-corrected chi connectivity index (χ3v) is 3.94. The molecule has 0 aromatic carbocycles. The van der Waals surface area contributed by atoms with Crippen molar-refractivity contribution in [1.29, 1.82) is 0 Å². The van der Waals surface area contributed by atoms with E-state index in [1.54, 1.807) is 0 Å². The summed E-state index contributed by atoms with van der Waals surface area (Å²) in [4.78, 5) is 14.1. The molecule has 92 valence electrons. The van der Waals surface area contributed by atoms with Crippen LogP contribution in [0.1, 0.15) is 33.1 Å². The Labute approximate surface area is 97.3 Å². The van der Waals surface area contributed by atoms with Crippen molar-refractivity contribution in [2.45, 2.75) is 45.2 Å². The quantitative estimate of drug-likeness (QED) is 0.779. The summed E-state index contributed by atoms with van der Waals surface area (Å²) in [5.41, 5.74) is 0. The van der Waals surface area contributed by atoms with Crippen LogP contribution in [-0.2, 0) is 9.53 Å². The first-order valence-electron chi connectivity index (χ1n) is 6.35. The number of amides is 1. The number of rotatable bonds is 3. The van der Waals surface area contributed by atoms with Gasteiger partial charge in [-0.3, -0.25) is 10.1 Å². The van der Waals surface area contributed by atoms with Gasteiger partial charge in [-0.1, -0.05) is 6.92 Å². The zero-order valence-corrected chi connectivity index (χ0v) is 10.2. The van der Waals surface area contributed by atoms with Crippen LogP contribution >= 0.6 is 0 Å². The van der Waals surface area contributed by atoms with Crippen LogP contribution in [0.4, 0.5) is 0 Å². The molecule has 2 saturated heterocycles. The van der Waals surface area contributed by atoms with E-state index in [1.165, 1.54) is 0 Å². The molecule has 2 unspecified atom stereocenters. The van der Waals surface area contributed by atoms with Crippen molar-refractivity contribution in [3.05, 3.63) is 0 Å². The van der Waals surface area contributed by atoms with Gasteiger partial charge in [-0.2, -0.15) is 0 Å². The van der Waals surface area contributed by atoms with E-state index >= 15 is 0 Å². The summed E-state index contributed by atoms with van der Waals surface area (Å²) in [6.45, 7) is 6.64. The zero-order chi connectivity index (χ0) is 11.5. The first-order chi connectivity index (χ1) is 7.74. The molecule has 0 bridgehead atoms. The highest BCUT2D eigenvalue weighted by Crippen LogP contribution is 2.24. The van der Waals surface area contributed by atoms with Gasteiger partial charge < -0.3 is 9.64 Å². The number of carbonyl (C=O) groups excluding carboxylic acids is 1. The van der Waals surface area contributed by atoms with Gasteiger partial charge in [-0.05, 0) is 32.1 Å². The maximum absolute atomic E-state index is 12.1. The first-order valence-corrected chi connectivity index (χ1v) is 6.35. The molecule has 2 fully saturated rings. The Kier molecular flexibility index (Phi) is 3.82. The van der Waals surface area contributed by atoms with Gasteiger partial charge in [0.25, 0.3) is 0 Å². The number of carbonyl (C=O) groups is 1. The smallest absolute Gasteiger partial charge is 0.241 e. The van der Waals surface area contributed by atoms with Crippen molar-refractivity contribution in [3.63, 3.8) is 0 Å². The second-order valence-corrected chi connectivity index (χ2v) is 4.82. The van der Waals surface area contributed by atoms with Crippen LogP contribution in [0.2, 0.25) is 0 Å². The van der Waals surface area contributed by atoms with Gasteiger partial charge in [0, 0.05) is 19.3 Å². The lowest BCUT2D eigenvalue weighted by atomic mass is 9.92. The van der Waals surface area contributed by atoms with Crippen LogP contribution in [0.15, 0.2) is 0 Å². The molecule has 0 aromatic rings. The standard InChI is InChI=1S/C12H22N2O2/c1-3-11-12(15)14(8-13-11)9(2)10-4-6-16-7-5-10/h9-11,13H,3-8H2,1-2H3. The van der Waals surface area contributed by atoms with Crippen LogP contribution in [0.25, 0.3) is 0 Å². The van der Waals surface area contributed by atoms with Gasteiger partial charge in [-0.15, -0.1) is 0 Å². The van der Waals surface area contributed by atoms with Gasteiger partial charge >= 0.3 is 0 Å². The van der Waals surface area contributed by atoms with Crippen molar-refractivity contribution in [2.24, 2.45) is 5.92 Å². The van der Waals surface area contributed by atoms with E-state index < -0.39 is 0 Å². The molecule has 2 aliphatic rings. The normalized spacial score (nSPS) is 29.8. The molecule has 4 nitrogen and oxygen atoms in total. The van der Waals surface area contributed by atoms with Crippen LogP contribution in [0.5, 0.6) is 0 Å². The van der Waals surface area contributed by atoms with Crippen LogP contribution in [0.3, 0.4) is 0 Å². The number of hydrogen-bond donors (Lipinski definition) is 1. The maximum Gasteiger partial charge on any atom is 0.241 e. The first kappa shape index (κ1) is 11.9. The molecule has 2 heterocycles. The SMILES string of the molecule is CCC1NCN(C(C)C2CCOCC2)C1=O. The summed E-state index contributed by atoms with van der Waals surface area (Å²) < 4.78 is 5.36. The highest BCUT2D eigenvalue weighted by Gasteiger charge is 2.35. The Morgan fingerprint density at radius 3 is 2.75 bits per heavy atom. The summed E-state index contributed by atoms with van der Waals surface area (Å²) in [6, 6.07) is 0.391. The van der Waals surface area contributed by atoms with E-state index in [2.05, 4.69) is 19.2 Å². The van der Waals surface area contributed by atoms with E-state index in [0.717, 1.165) is 39.1 Å². The molecule has 16 heavy (non-hydrogen) atoms. The van der Waals surface area contributed by atoms with E-state index in [-0.39, 0.29) is 11.9 Å². The monoisotopic (exact) mass is 226 g/mol. The molecule has 2 rings (SSSR count). The predicted octanol–water partition coefficient (Wildman–Crippen LogP) is 0.969. The van der Waals surface area contributed by atoms with Crippen molar-refractivity contribution in [3.8, 4) is 0 Å².